The zero-order chi connectivity index (χ0) is 20.6. The Kier molecular flexibility index (Phi) is 8.82. The second kappa shape index (κ2) is 10.6. The Morgan fingerprint density at radius 3 is 2.36 bits per heavy atom. The molecule has 2 aliphatic heterocycles. The van der Waals surface area contributed by atoms with Gasteiger partial charge in [0.25, 0.3) is 0 Å². The Morgan fingerprint density at radius 2 is 1.82 bits per heavy atom. The fourth-order valence-electron chi connectivity index (χ4n) is 4.08. The third-order valence-corrected chi connectivity index (χ3v) is 6.14. The van der Waals surface area contributed by atoms with Crippen molar-refractivity contribution in [2.45, 2.75) is 43.8 Å². The lowest BCUT2D eigenvalue weighted by molar-refractivity contribution is -0.148. The summed E-state index contributed by atoms with van der Waals surface area (Å²) in [4.78, 5) is 8.09. The average molecular weight is 408 g/mol. The number of ether oxygens (including phenoxy) is 1. The van der Waals surface area contributed by atoms with Crippen LogP contribution in [0, 0.1) is 5.92 Å². The first-order chi connectivity index (χ1) is 13.2. The third kappa shape index (κ3) is 7.40. The van der Waals surface area contributed by atoms with E-state index in [0.717, 1.165) is 64.4 Å². The molecule has 0 bridgehead atoms. The number of hydrogen-bond acceptors (Lipinski definition) is 4. The van der Waals surface area contributed by atoms with Crippen molar-refractivity contribution in [3.8, 4) is 0 Å². The van der Waals surface area contributed by atoms with E-state index in [2.05, 4.69) is 34.6 Å². The summed E-state index contributed by atoms with van der Waals surface area (Å²) in [5, 5.41) is 6.80. The highest BCUT2D eigenvalue weighted by Gasteiger charge is 2.35. The maximum absolute atomic E-state index is 12.5. The van der Waals surface area contributed by atoms with Crippen LogP contribution in [0.25, 0.3) is 0 Å². The number of likely N-dealkylation sites (tertiary alicyclic amines) is 1. The number of halogens is 3. The van der Waals surface area contributed by atoms with Gasteiger partial charge in [0.1, 0.15) is 0 Å². The van der Waals surface area contributed by atoms with Gasteiger partial charge in [-0.15, -0.1) is 0 Å². The number of aliphatic imine (C=N–C) groups is 1. The Labute approximate surface area is 166 Å². The number of hydrogen-bond donors (Lipinski definition) is 2. The van der Waals surface area contributed by atoms with E-state index < -0.39 is 12.7 Å². The second-order valence-electron chi connectivity index (χ2n) is 8.21. The largest absolute Gasteiger partial charge is 0.401 e. The molecule has 0 aromatic rings. The van der Waals surface area contributed by atoms with Gasteiger partial charge in [-0.05, 0) is 65.2 Å². The van der Waals surface area contributed by atoms with Gasteiger partial charge in [-0.25, -0.2) is 0 Å². The third-order valence-electron chi connectivity index (χ3n) is 6.14. The van der Waals surface area contributed by atoms with Gasteiger partial charge in [0, 0.05) is 38.9 Å². The molecule has 2 heterocycles. The molecule has 2 rings (SSSR count). The first kappa shape index (κ1) is 23.2. The Morgan fingerprint density at radius 1 is 1.18 bits per heavy atom. The number of nitrogens with one attached hydrogen (secondary N) is 2. The number of piperidine rings is 1. The van der Waals surface area contributed by atoms with Crippen LogP contribution >= 0.6 is 0 Å². The fraction of sp³-hybridized carbons (Fsp3) is 0.947. The van der Waals surface area contributed by atoms with Crippen molar-refractivity contribution in [2.24, 2.45) is 10.9 Å². The number of guanidine groups is 1. The normalized spacial score (nSPS) is 22.5. The Hall–Kier alpha value is -1.06. The smallest absolute Gasteiger partial charge is 0.381 e. The number of nitrogens with zero attached hydrogens (tertiary/aromatic N) is 3. The molecule has 0 aliphatic carbocycles. The van der Waals surface area contributed by atoms with E-state index in [-0.39, 0.29) is 5.54 Å². The number of likely N-dealkylation sites (N-methyl/N-ethyl adjacent to an activating group) is 1. The van der Waals surface area contributed by atoms with Gasteiger partial charge in [-0.2, -0.15) is 13.2 Å². The van der Waals surface area contributed by atoms with Crippen molar-refractivity contribution in [3.05, 3.63) is 0 Å². The quantitative estimate of drug-likeness (QED) is 0.499. The molecule has 0 radical (unpaired) electrons. The molecular formula is C19H36F3N5O. The van der Waals surface area contributed by atoms with E-state index in [1.807, 2.05) is 0 Å². The summed E-state index contributed by atoms with van der Waals surface area (Å²) in [6.07, 6.45) is 0.482. The van der Waals surface area contributed by atoms with Crippen LogP contribution in [0.2, 0.25) is 0 Å². The van der Waals surface area contributed by atoms with Crippen LogP contribution in [0.15, 0.2) is 4.99 Å². The van der Waals surface area contributed by atoms with E-state index in [4.69, 9.17) is 4.74 Å². The van der Waals surface area contributed by atoms with E-state index in [1.54, 1.807) is 7.05 Å². The Bertz CT molecular complexity index is 484. The lowest BCUT2D eigenvalue weighted by atomic mass is 9.88. The molecule has 0 amide bonds. The summed E-state index contributed by atoms with van der Waals surface area (Å²) in [6.45, 7) is 3.42. The summed E-state index contributed by atoms with van der Waals surface area (Å²) < 4.78 is 42.9. The predicted octanol–water partition coefficient (Wildman–Crippen LogP) is 1.93. The van der Waals surface area contributed by atoms with Crippen LogP contribution in [-0.2, 0) is 4.74 Å². The predicted molar refractivity (Wildman–Crippen MR) is 106 cm³/mol. The first-order valence-electron chi connectivity index (χ1n) is 10.2. The molecule has 6 nitrogen and oxygen atoms in total. The molecule has 0 unspecified atom stereocenters. The molecule has 0 atom stereocenters. The van der Waals surface area contributed by atoms with Gasteiger partial charge >= 0.3 is 6.18 Å². The molecule has 2 N–H and O–H groups in total. The maximum Gasteiger partial charge on any atom is 0.401 e. The molecule has 164 valence electrons. The minimum absolute atomic E-state index is 0.0706. The fourth-order valence-corrected chi connectivity index (χ4v) is 4.08. The van der Waals surface area contributed by atoms with Gasteiger partial charge in [0.05, 0.1) is 6.54 Å². The average Bonchev–Trinajstić information content (AvgIpc) is 2.65. The molecule has 0 saturated carbocycles. The van der Waals surface area contributed by atoms with Gasteiger partial charge in [-0.1, -0.05) is 0 Å². The maximum atomic E-state index is 12.5. The summed E-state index contributed by atoms with van der Waals surface area (Å²) >= 11 is 0. The van der Waals surface area contributed by atoms with Gasteiger partial charge < -0.3 is 20.3 Å². The van der Waals surface area contributed by atoms with E-state index in [9.17, 15) is 13.2 Å². The monoisotopic (exact) mass is 407 g/mol. The van der Waals surface area contributed by atoms with Crippen LogP contribution in [0.4, 0.5) is 13.2 Å². The SMILES string of the molecule is CN=C(NCCC1CCN(CC(F)(F)F)CC1)NCC1(N(C)C)CCOCC1. The summed E-state index contributed by atoms with van der Waals surface area (Å²) in [7, 11) is 5.97. The van der Waals surface area contributed by atoms with Crippen molar-refractivity contribution >= 4 is 5.96 Å². The first-order valence-corrected chi connectivity index (χ1v) is 10.2. The van der Waals surface area contributed by atoms with Crippen LogP contribution in [0.1, 0.15) is 32.1 Å². The number of alkyl halides is 3. The summed E-state index contributed by atoms with van der Waals surface area (Å²) in [5.41, 5.74) is 0.0706. The van der Waals surface area contributed by atoms with Crippen molar-refractivity contribution in [3.63, 3.8) is 0 Å². The van der Waals surface area contributed by atoms with Crippen molar-refractivity contribution in [1.29, 1.82) is 0 Å². The second-order valence-corrected chi connectivity index (χ2v) is 8.21. The molecular weight excluding hydrogens is 371 g/mol. The minimum Gasteiger partial charge on any atom is -0.381 e. The lowest BCUT2D eigenvalue weighted by Gasteiger charge is -2.43. The Balaban J connectivity index is 1.67. The standard InChI is InChI=1S/C19H36F3N5O/c1-23-17(25-14-18(26(2)3)7-12-28-13-8-18)24-9-4-16-5-10-27(11-6-16)15-19(20,21)22/h16H,4-15H2,1-3H3,(H2,23,24,25). The molecule has 0 spiro atoms. The topological polar surface area (TPSA) is 52.1 Å². The van der Waals surface area contributed by atoms with Crippen LogP contribution in [0.3, 0.4) is 0 Å². The van der Waals surface area contributed by atoms with E-state index >= 15 is 0 Å². The van der Waals surface area contributed by atoms with Gasteiger partial charge in [-0.3, -0.25) is 9.89 Å². The zero-order valence-electron chi connectivity index (χ0n) is 17.4. The van der Waals surface area contributed by atoms with Crippen LogP contribution in [-0.4, -0.2) is 94.6 Å². The number of rotatable bonds is 7. The summed E-state index contributed by atoms with van der Waals surface area (Å²) in [6, 6.07) is 0. The molecule has 0 aromatic heterocycles. The van der Waals surface area contributed by atoms with Crippen molar-refractivity contribution < 1.29 is 17.9 Å². The molecule has 9 heteroatoms. The molecule has 0 aromatic carbocycles. The van der Waals surface area contributed by atoms with Gasteiger partial charge in [0.2, 0.25) is 0 Å². The van der Waals surface area contributed by atoms with E-state index in [1.165, 1.54) is 4.90 Å². The van der Waals surface area contributed by atoms with Crippen molar-refractivity contribution in [2.75, 3.05) is 67.1 Å². The highest BCUT2D eigenvalue weighted by Crippen LogP contribution is 2.25. The highest BCUT2D eigenvalue weighted by molar-refractivity contribution is 5.79. The minimum atomic E-state index is -4.10. The van der Waals surface area contributed by atoms with Crippen LogP contribution < -0.4 is 10.6 Å². The highest BCUT2D eigenvalue weighted by atomic mass is 19.4. The molecule has 2 fully saturated rings. The van der Waals surface area contributed by atoms with Gasteiger partial charge in [0.15, 0.2) is 5.96 Å². The molecule has 28 heavy (non-hydrogen) atoms. The zero-order valence-corrected chi connectivity index (χ0v) is 17.4. The molecule has 2 saturated heterocycles. The van der Waals surface area contributed by atoms with E-state index in [0.29, 0.717) is 19.0 Å². The molecule has 2 aliphatic rings. The van der Waals surface area contributed by atoms with Crippen molar-refractivity contribution in [1.82, 2.24) is 20.4 Å². The summed E-state index contributed by atoms with van der Waals surface area (Å²) in [5.74, 6) is 1.25. The van der Waals surface area contributed by atoms with Crippen LogP contribution in [0.5, 0.6) is 0 Å². The lowest BCUT2D eigenvalue weighted by Crippen LogP contribution is -2.57.